The van der Waals surface area contributed by atoms with Crippen LogP contribution in [0.2, 0.25) is 0 Å². The van der Waals surface area contributed by atoms with Crippen molar-refractivity contribution in [1.82, 2.24) is 5.32 Å². The highest BCUT2D eigenvalue weighted by Crippen LogP contribution is 2.30. The van der Waals surface area contributed by atoms with Gasteiger partial charge in [-0.25, -0.2) is 0 Å². The Morgan fingerprint density at radius 3 is 2.71 bits per heavy atom. The van der Waals surface area contributed by atoms with Crippen LogP contribution in [-0.4, -0.2) is 16.6 Å². The molecule has 3 heteroatoms. The Bertz CT molecular complexity index is 408. The Balaban J connectivity index is 2.03. The van der Waals surface area contributed by atoms with Crippen molar-refractivity contribution in [3.8, 4) is 0 Å². The first-order valence-electron chi connectivity index (χ1n) is 6.16. The summed E-state index contributed by atoms with van der Waals surface area (Å²) in [5, 5.41) is 12.6. The zero-order valence-corrected chi connectivity index (χ0v) is 10.2. The number of carboxylic acid groups (broad SMARTS) is 1. The molecule has 1 aromatic rings. The molecule has 2 N–H and O–H groups in total. The number of hydrogen-bond donors (Lipinski definition) is 2. The van der Waals surface area contributed by atoms with E-state index in [0.717, 1.165) is 31.2 Å². The maximum atomic E-state index is 11.3. The van der Waals surface area contributed by atoms with Gasteiger partial charge in [0.1, 0.15) is 5.54 Å². The molecule has 0 radical (unpaired) electrons. The van der Waals surface area contributed by atoms with Gasteiger partial charge < -0.3 is 5.11 Å². The highest BCUT2D eigenvalue weighted by molar-refractivity contribution is 5.79. The Morgan fingerprint density at radius 1 is 1.41 bits per heavy atom. The molecule has 0 amide bonds. The van der Waals surface area contributed by atoms with Gasteiger partial charge in [0.05, 0.1) is 0 Å². The lowest BCUT2D eigenvalue weighted by Crippen LogP contribution is -2.49. The second kappa shape index (κ2) is 4.88. The molecule has 0 heterocycles. The lowest BCUT2D eigenvalue weighted by molar-refractivity contribution is -0.144. The Labute approximate surface area is 102 Å². The molecular weight excluding hydrogens is 214 g/mol. The smallest absolute Gasteiger partial charge is 0.323 e. The van der Waals surface area contributed by atoms with Gasteiger partial charge in [0.15, 0.2) is 0 Å². The van der Waals surface area contributed by atoms with E-state index in [9.17, 15) is 9.90 Å². The van der Waals surface area contributed by atoms with Crippen molar-refractivity contribution in [3.05, 3.63) is 35.4 Å². The monoisotopic (exact) mass is 233 g/mol. The summed E-state index contributed by atoms with van der Waals surface area (Å²) in [5.41, 5.74) is 1.67. The average molecular weight is 233 g/mol. The van der Waals surface area contributed by atoms with Crippen LogP contribution in [0.3, 0.4) is 0 Å². The van der Waals surface area contributed by atoms with Gasteiger partial charge in [-0.05, 0) is 25.3 Å². The maximum Gasteiger partial charge on any atom is 0.323 e. The molecule has 17 heavy (non-hydrogen) atoms. The molecule has 2 rings (SSSR count). The Kier molecular flexibility index (Phi) is 3.48. The van der Waals surface area contributed by atoms with E-state index in [-0.39, 0.29) is 0 Å². The first-order chi connectivity index (χ1) is 8.12. The summed E-state index contributed by atoms with van der Waals surface area (Å²) in [6.07, 6.45) is 3.50. The van der Waals surface area contributed by atoms with Crippen LogP contribution in [0.4, 0.5) is 0 Å². The summed E-state index contributed by atoms with van der Waals surface area (Å²) in [6, 6.07) is 8.18. The molecule has 0 bridgehead atoms. The van der Waals surface area contributed by atoms with E-state index in [2.05, 4.69) is 11.4 Å². The van der Waals surface area contributed by atoms with Crippen molar-refractivity contribution in [1.29, 1.82) is 0 Å². The number of aliphatic carboxylic acids is 1. The second-order valence-electron chi connectivity index (χ2n) is 4.94. The highest BCUT2D eigenvalue weighted by atomic mass is 16.4. The maximum absolute atomic E-state index is 11.3. The predicted octanol–water partition coefficient (Wildman–Crippen LogP) is 2.48. The van der Waals surface area contributed by atoms with E-state index in [1.165, 1.54) is 5.56 Å². The minimum Gasteiger partial charge on any atom is -0.480 e. The molecule has 92 valence electrons. The van der Waals surface area contributed by atoms with E-state index in [0.29, 0.717) is 6.54 Å². The van der Waals surface area contributed by atoms with E-state index in [1.807, 2.05) is 25.1 Å². The molecule has 0 aromatic heterocycles. The molecule has 1 aromatic carbocycles. The molecule has 0 unspecified atom stereocenters. The first kappa shape index (κ1) is 12.1. The summed E-state index contributed by atoms with van der Waals surface area (Å²) in [6.45, 7) is 2.68. The van der Waals surface area contributed by atoms with Gasteiger partial charge in [-0.3, -0.25) is 10.1 Å². The highest BCUT2D eigenvalue weighted by Gasteiger charge is 2.40. The molecule has 1 aliphatic rings. The molecule has 1 fully saturated rings. The first-order valence-corrected chi connectivity index (χ1v) is 6.16. The van der Waals surface area contributed by atoms with Crippen molar-refractivity contribution < 1.29 is 9.90 Å². The van der Waals surface area contributed by atoms with Crippen LogP contribution in [0.1, 0.15) is 36.8 Å². The van der Waals surface area contributed by atoms with Gasteiger partial charge >= 0.3 is 5.97 Å². The van der Waals surface area contributed by atoms with Gasteiger partial charge in [0.25, 0.3) is 0 Å². The van der Waals surface area contributed by atoms with Gasteiger partial charge in [0, 0.05) is 6.54 Å². The fraction of sp³-hybridized carbons (Fsp3) is 0.500. The molecule has 0 spiro atoms. The third kappa shape index (κ3) is 2.67. The summed E-state index contributed by atoms with van der Waals surface area (Å²) < 4.78 is 0. The quantitative estimate of drug-likeness (QED) is 0.840. The average Bonchev–Trinajstić information content (AvgIpc) is 2.76. The zero-order valence-electron chi connectivity index (χ0n) is 10.2. The van der Waals surface area contributed by atoms with Crippen LogP contribution in [0, 0.1) is 6.92 Å². The van der Waals surface area contributed by atoms with Crippen LogP contribution >= 0.6 is 0 Å². The number of hydrogen-bond acceptors (Lipinski definition) is 2. The lowest BCUT2D eigenvalue weighted by Gasteiger charge is -2.25. The van der Waals surface area contributed by atoms with Crippen molar-refractivity contribution in [3.63, 3.8) is 0 Å². The fourth-order valence-electron chi connectivity index (χ4n) is 2.54. The van der Waals surface area contributed by atoms with Crippen LogP contribution < -0.4 is 5.32 Å². The van der Waals surface area contributed by atoms with Crippen molar-refractivity contribution in [2.24, 2.45) is 0 Å². The molecule has 0 saturated heterocycles. The number of carbonyl (C=O) groups is 1. The molecule has 0 aliphatic heterocycles. The third-order valence-electron chi connectivity index (χ3n) is 3.58. The predicted molar refractivity (Wildman–Crippen MR) is 66.9 cm³/mol. The van der Waals surface area contributed by atoms with E-state index < -0.39 is 11.5 Å². The summed E-state index contributed by atoms with van der Waals surface area (Å²) in [7, 11) is 0. The SMILES string of the molecule is Cc1cccc(CNC2(C(=O)O)CCCC2)c1. The Hall–Kier alpha value is -1.35. The topological polar surface area (TPSA) is 49.3 Å². The number of aryl methyl sites for hydroxylation is 1. The second-order valence-corrected chi connectivity index (χ2v) is 4.94. The minimum atomic E-state index is -0.706. The minimum absolute atomic E-state index is 0.633. The van der Waals surface area contributed by atoms with Crippen molar-refractivity contribution >= 4 is 5.97 Å². The van der Waals surface area contributed by atoms with Crippen molar-refractivity contribution in [2.75, 3.05) is 0 Å². The largest absolute Gasteiger partial charge is 0.480 e. The summed E-state index contributed by atoms with van der Waals surface area (Å²) >= 11 is 0. The van der Waals surface area contributed by atoms with Gasteiger partial charge in [-0.15, -0.1) is 0 Å². The third-order valence-corrected chi connectivity index (χ3v) is 3.58. The van der Waals surface area contributed by atoms with Crippen LogP contribution in [0.15, 0.2) is 24.3 Å². The zero-order chi connectivity index (χ0) is 12.3. The standard InChI is InChI=1S/C14H19NO2/c1-11-5-4-6-12(9-11)10-15-14(13(16)17)7-2-3-8-14/h4-6,9,15H,2-3,7-8,10H2,1H3,(H,16,17). The number of benzene rings is 1. The number of nitrogens with one attached hydrogen (secondary N) is 1. The molecule has 0 atom stereocenters. The summed E-state index contributed by atoms with van der Waals surface area (Å²) in [4.78, 5) is 11.3. The fourth-order valence-corrected chi connectivity index (χ4v) is 2.54. The van der Waals surface area contributed by atoms with E-state index >= 15 is 0 Å². The van der Waals surface area contributed by atoms with Gasteiger partial charge in [-0.2, -0.15) is 0 Å². The van der Waals surface area contributed by atoms with E-state index in [1.54, 1.807) is 0 Å². The van der Waals surface area contributed by atoms with Crippen LogP contribution in [-0.2, 0) is 11.3 Å². The van der Waals surface area contributed by atoms with Crippen LogP contribution in [0.5, 0.6) is 0 Å². The van der Waals surface area contributed by atoms with Gasteiger partial charge in [0.2, 0.25) is 0 Å². The molecule has 3 nitrogen and oxygen atoms in total. The van der Waals surface area contributed by atoms with Crippen molar-refractivity contribution in [2.45, 2.75) is 44.7 Å². The molecular formula is C14H19NO2. The molecule has 1 saturated carbocycles. The lowest BCUT2D eigenvalue weighted by atomic mass is 9.97. The van der Waals surface area contributed by atoms with Crippen LogP contribution in [0.25, 0.3) is 0 Å². The van der Waals surface area contributed by atoms with E-state index in [4.69, 9.17) is 0 Å². The Morgan fingerprint density at radius 2 is 2.12 bits per heavy atom. The molecule has 1 aliphatic carbocycles. The normalized spacial score (nSPS) is 18.2. The number of rotatable bonds is 4. The summed E-state index contributed by atoms with van der Waals surface area (Å²) in [5.74, 6) is -0.706. The van der Waals surface area contributed by atoms with Gasteiger partial charge in [-0.1, -0.05) is 42.7 Å². The number of carboxylic acids is 1.